The van der Waals surface area contributed by atoms with E-state index in [-0.39, 0.29) is 24.6 Å². The van der Waals surface area contributed by atoms with E-state index in [0.717, 1.165) is 11.8 Å². The maximum atomic E-state index is 13.7. The molecular formula is C17H18F4N2O2. The summed E-state index contributed by atoms with van der Waals surface area (Å²) in [5, 5.41) is 14.0. The van der Waals surface area contributed by atoms with Gasteiger partial charge in [0.1, 0.15) is 11.6 Å². The number of nitrogens with zero attached hydrogens (tertiary/aromatic N) is 2. The van der Waals surface area contributed by atoms with Gasteiger partial charge in [-0.25, -0.2) is 4.39 Å². The van der Waals surface area contributed by atoms with Crippen molar-refractivity contribution in [1.29, 1.82) is 0 Å². The predicted molar refractivity (Wildman–Crippen MR) is 81.1 cm³/mol. The minimum absolute atomic E-state index is 0.0738. The largest absolute Gasteiger partial charge is 0.419 e. The zero-order valence-electron chi connectivity index (χ0n) is 13.6. The number of likely N-dealkylation sites (tertiary alicyclic amines) is 1. The molecule has 0 bridgehead atoms. The summed E-state index contributed by atoms with van der Waals surface area (Å²) in [4.78, 5) is 1.70. The molecule has 1 fully saturated rings. The lowest BCUT2D eigenvalue weighted by Crippen LogP contribution is -2.24. The number of hydrogen-bond donors (Lipinski definition) is 1. The van der Waals surface area contributed by atoms with Crippen LogP contribution < -0.4 is 0 Å². The standard InChI is InChI=1S/C17H18F4N2O2/c1-10-5-13(25-22-10)6-12-8-23(9-15(12)24)7-11-3-2-4-14(18)16(11)17(19,20)21/h2-5,12,15,24H,6-9H2,1H3/t12-,15-/m1/s1. The number of alkyl halides is 3. The van der Waals surface area contributed by atoms with Crippen molar-refractivity contribution >= 4 is 0 Å². The molecule has 1 aromatic heterocycles. The molecule has 136 valence electrons. The highest BCUT2D eigenvalue weighted by Crippen LogP contribution is 2.35. The summed E-state index contributed by atoms with van der Waals surface area (Å²) >= 11 is 0. The first-order valence-electron chi connectivity index (χ1n) is 7.91. The molecule has 0 amide bonds. The molecule has 0 radical (unpaired) electrons. The van der Waals surface area contributed by atoms with Crippen molar-refractivity contribution in [3.05, 3.63) is 52.7 Å². The lowest BCUT2D eigenvalue weighted by molar-refractivity contribution is -0.140. The first-order valence-corrected chi connectivity index (χ1v) is 7.91. The first-order chi connectivity index (χ1) is 11.7. The second-order valence-corrected chi connectivity index (χ2v) is 6.43. The highest BCUT2D eigenvalue weighted by Gasteiger charge is 2.38. The SMILES string of the molecule is Cc1cc(C[C@@H]2CN(Cc3cccc(F)c3C(F)(F)F)C[C@H]2O)on1. The minimum atomic E-state index is -4.75. The molecule has 1 saturated heterocycles. The molecular weight excluding hydrogens is 340 g/mol. The van der Waals surface area contributed by atoms with E-state index in [9.17, 15) is 22.7 Å². The molecule has 1 aromatic carbocycles. The van der Waals surface area contributed by atoms with Gasteiger partial charge in [-0.3, -0.25) is 4.90 Å². The van der Waals surface area contributed by atoms with Gasteiger partial charge >= 0.3 is 6.18 Å². The van der Waals surface area contributed by atoms with Gasteiger partial charge in [0, 0.05) is 38.0 Å². The molecule has 0 unspecified atom stereocenters. The van der Waals surface area contributed by atoms with E-state index in [0.29, 0.717) is 18.7 Å². The van der Waals surface area contributed by atoms with Crippen molar-refractivity contribution in [2.45, 2.75) is 32.2 Å². The van der Waals surface area contributed by atoms with Crippen LogP contribution in [0.1, 0.15) is 22.6 Å². The number of rotatable bonds is 4. The van der Waals surface area contributed by atoms with Gasteiger partial charge < -0.3 is 9.63 Å². The summed E-state index contributed by atoms with van der Waals surface area (Å²) in [6.07, 6.45) is -4.99. The fraction of sp³-hybridized carbons (Fsp3) is 0.471. The van der Waals surface area contributed by atoms with Crippen molar-refractivity contribution in [3.8, 4) is 0 Å². The molecule has 3 rings (SSSR count). The number of aliphatic hydroxyl groups excluding tert-OH is 1. The van der Waals surface area contributed by atoms with E-state index in [1.165, 1.54) is 12.1 Å². The van der Waals surface area contributed by atoms with Crippen molar-refractivity contribution in [2.24, 2.45) is 5.92 Å². The summed E-state index contributed by atoms with van der Waals surface area (Å²) < 4.78 is 58.1. The molecule has 2 heterocycles. The van der Waals surface area contributed by atoms with Crippen LogP contribution in [0.15, 0.2) is 28.8 Å². The van der Waals surface area contributed by atoms with Crippen molar-refractivity contribution in [2.75, 3.05) is 13.1 Å². The number of β-amino-alcohol motifs (C(OH)–C–C–N with tert-alkyl or cyclic N) is 1. The molecule has 0 saturated carbocycles. The zero-order chi connectivity index (χ0) is 18.2. The van der Waals surface area contributed by atoms with Gasteiger partial charge in [0.25, 0.3) is 0 Å². The van der Waals surface area contributed by atoms with Gasteiger partial charge in [-0.1, -0.05) is 17.3 Å². The average Bonchev–Trinajstić information content (AvgIpc) is 3.04. The summed E-state index contributed by atoms with van der Waals surface area (Å²) in [5.41, 5.74) is -0.636. The Morgan fingerprint density at radius 2 is 2.08 bits per heavy atom. The Morgan fingerprint density at radius 3 is 2.72 bits per heavy atom. The number of benzene rings is 1. The molecule has 2 atom stereocenters. The molecule has 1 aliphatic rings. The monoisotopic (exact) mass is 358 g/mol. The Morgan fingerprint density at radius 1 is 1.32 bits per heavy atom. The fourth-order valence-electron chi connectivity index (χ4n) is 3.30. The average molecular weight is 358 g/mol. The Bertz CT molecular complexity index is 744. The zero-order valence-corrected chi connectivity index (χ0v) is 13.6. The molecule has 0 aliphatic carbocycles. The summed E-state index contributed by atoms with van der Waals surface area (Å²) in [6, 6.07) is 5.11. The number of aromatic nitrogens is 1. The minimum Gasteiger partial charge on any atom is -0.391 e. The highest BCUT2D eigenvalue weighted by molar-refractivity contribution is 5.31. The van der Waals surface area contributed by atoms with Crippen LogP contribution in [0.4, 0.5) is 17.6 Å². The number of halogens is 4. The smallest absolute Gasteiger partial charge is 0.391 e. The predicted octanol–water partition coefficient (Wildman–Crippen LogP) is 3.18. The Hall–Kier alpha value is -1.93. The van der Waals surface area contributed by atoms with Crippen molar-refractivity contribution in [1.82, 2.24) is 10.1 Å². The summed E-state index contributed by atoms with van der Waals surface area (Å²) in [5.74, 6) is -0.821. The van der Waals surface area contributed by atoms with E-state index in [1.54, 1.807) is 17.9 Å². The summed E-state index contributed by atoms with van der Waals surface area (Å²) in [6.45, 7) is 2.34. The number of aliphatic hydroxyl groups is 1. The van der Waals surface area contributed by atoms with Crippen LogP contribution in [0.3, 0.4) is 0 Å². The van der Waals surface area contributed by atoms with Crippen LogP contribution in [0, 0.1) is 18.7 Å². The van der Waals surface area contributed by atoms with Crippen LogP contribution in [0.25, 0.3) is 0 Å². The quantitative estimate of drug-likeness (QED) is 0.853. The van der Waals surface area contributed by atoms with Crippen LogP contribution in [-0.4, -0.2) is 34.4 Å². The van der Waals surface area contributed by atoms with E-state index in [4.69, 9.17) is 4.52 Å². The van der Waals surface area contributed by atoms with E-state index < -0.39 is 23.7 Å². The van der Waals surface area contributed by atoms with Gasteiger partial charge in [-0.2, -0.15) is 13.2 Å². The second-order valence-electron chi connectivity index (χ2n) is 6.43. The van der Waals surface area contributed by atoms with Crippen LogP contribution in [0.2, 0.25) is 0 Å². The normalized spacial score (nSPS) is 21.8. The van der Waals surface area contributed by atoms with Gasteiger partial charge in [0.05, 0.1) is 17.4 Å². The van der Waals surface area contributed by atoms with Crippen LogP contribution in [-0.2, 0) is 19.1 Å². The Kier molecular flexibility index (Phi) is 4.83. The molecule has 0 spiro atoms. The van der Waals surface area contributed by atoms with E-state index >= 15 is 0 Å². The van der Waals surface area contributed by atoms with Gasteiger partial charge in [-0.05, 0) is 18.6 Å². The van der Waals surface area contributed by atoms with Crippen molar-refractivity contribution < 1.29 is 27.2 Å². The van der Waals surface area contributed by atoms with Crippen LogP contribution >= 0.6 is 0 Å². The maximum Gasteiger partial charge on any atom is 0.419 e. The lowest BCUT2D eigenvalue weighted by Gasteiger charge is -2.19. The molecule has 1 aliphatic heterocycles. The molecule has 8 heteroatoms. The van der Waals surface area contributed by atoms with Gasteiger partial charge in [0.15, 0.2) is 0 Å². The van der Waals surface area contributed by atoms with E-state index in [1.807, 2.05) is 0 Å². The maximum absolute atomic E-state index is 13.7. The van der Waals surface area contributed by atoms with Gasteiger partial charge in [0.2, 0.25) is 0 Å². The topological polar surface area (TPSA) is 49.5 Å². The molecule has 4 nitrogen and oxygen atoms in total. The van der Waals surface area contributed by atoms with Gasteiger partial charge in [-0.15, -0.1) is 0 Å². The molecule has 1 N–H and O–H groups in total. The third-order valence-corrected chi connectivity index (χ3v) is 4.40. The second kappa shape index (κ2) is 6.76. The Labute approximate surface area is 142 Å². The molecule has 2 aromatic rings. The number of hydrogen-bond acceptors (Lipinski definition) is 4. The third kappa shape index (κ3) is 4.01. The number of aryl methyl sites for hydroxylation is 1. The summed E-state index contributed by atoms with van der Waals surface area (Å²) in [7, 11) is 0. The van der Waals surface area contributed by atoms with Crippen LogP contribution in [0.5, 0.6) is 0 Å². The first kappa shape index (κ1) is 17.9. The molecule has 25 heavy (non-hydrogen) atoms. The lowest BCUT2D eigenvalue weighted by atomic mass is 10.0. The van der Waals surface area contributed by atoms with Crippen molar-refractivity contribution in [3.63, 3.8) is 0 Å². The fourth-order valence-corrected chi connectivity index (χ4v) is 3.30. The van der Waals surface area contributed by atoms with E-state index in [2.05, 4.69) is 5.16 Å². The highest BCUT2D eigenvalue weighted by atomic mass is 19.4. The third-order valence-electron chi connectivity index (χ3n) is 4.40. The Balaban J connectivity index is 1.72.